The van der Waals surface area contributed by atoms with E-state index < -0.39 is 0 Å². The number of nitrogens with two attached hydrogens (primary N) is 1. The van der Waals surface area contributed by atoms with Crippen molar-refractivity contribution < 1.29 is 4.74 Å². The summed E-state index contributed by atoms with van der Waals surface area (Å²) >= 11 is 0. The largest absolute Gasteiger partial charge is 0.378 e. The Morgan fingerprint density at radius 3 is 2.73 bits per heavy atom. The molecule has 0 spiro atoms. The molecule has 0 aromatic heterocycles. The second-order valence-corrected chi connectivity index (χ2v) is 4.70. The third-order valence-corrected chi connectivity index (χ3v) is 3.37. The van der Waals surface area contributed by atoms with Crippen molar-refractivity contribution >= 4 is 0 Å². The van der Waals surface area contributed by atoms with Gasteiger partial charge in [0, 0.05) is 25.2 Å². The van der Waals surface area contributed by atoms with E-state index in [1.54, 1.807) is 0 Å². The molecule has 0 aliphatic heterocycles. The van der Waals surface area contributed by atoms with Gasteiger partial charge in [0.15, 0.2) is 0 Å². The van der Waals surface area contributed by atoms with E-state index in [2.05, 4.69) is 24.4 Å². The van der Waals surface area contributed by atoms with E-state index in [0.29, 0.717) is 18.1 Å². The van der Waals surface area contributed by atoms with E-state index in [-0.39, 0.29) is 6.04 Å². The minimum Gasteiger partial charge on any atom is -0.378 e. The fourth-order valence-electron chi connectivity index (χ4n) is 2.38. The number of hydrogen-bond donors (Lipinski definition) is 2. The maximum Gasteiger partial charge on any atom is 0.0604 e. The first-order chi connectivity index (χ1) is 7.28. The molecule has 2 unspecified atom stereocenters. The van der Waals surface area contributed by atoms with Gasteiger partial charge in [0.1, 0.15) is 0 Å². The topological polar surface area (TPSA) is 47.3 Å². The molecule has 2 atom stereocenters. The van der Waals surface area contributed by atoms with Gasteiger partial charge in [-0.3, -0.25) is 0 Å². The fraction of sp³-hybridized carbons (Fsp3) is 0.833. The molecule has 3 heteroatoms. The van der Waals surface area contributed by atoms with Gasteiger partial charge in [0.2, 0.25) is 0 Å². The molecule has 2 aliphatic carbocycles. The summed E-state index contributed by atoms with van der Waals surface area (Å²) in [5.74, 6) is 0.645. The highest BCUT2D eigenvalue weighted by molar-refractivity contribution is 5.05. The molecule has 0 radical (unpaired) electrons. The molecule has 3 nitrogen and oxygen atoms in total. The van der Waals surface area contributed by atoms with Crippen molar-refractivity contribution in [2.45, 2.75) is 44.4 Å². The van der Waals surface area contributed by atoms with Gasteiger partial charge in [0.05, 0.1) is 6.10 Å². The zero-order chi connectivity index (χ0) is 10.7. The molecule has 2 aliphatic rings. The van der Waals surface area contributed by atoms with Gasteiger partial charge in [-0.2, -0.15) is 0 Å². The number of nitrogens with one attached hydrogen (secondary N) is 1. The quantitative estimate of drug-likeness (QED) is 0.667. The maximum atomic E-state index is 5.81. The van der Waals surface area contributed by atoms with E-state index in [0.717, 1.165) is 19.6 Å². The van der Waals surface area contributed by atoms with Crippen LogP contribution in [0.1, 0.15) is 26.2 Å². The zero-order valence-corrected chi connectivity index (χ0v) is 9.49. The Bertz CT molecular complexity index is 224. The zero-order valence-electron chi connectivity index (χ0n) is 9.49. The van der Waals surface area contributed by atoms with Gasteiger partial charge < -0.3 is 15.8 Å². The van der Waals surface area contributed by atoms with Crippen molar-refractivity contribution in [2.24, 2.45) is 11.7 Å². The van der Waals surface area contributed by atoms with Crippen LogP contribution in [0, 0.1) is 5.92 Å². The van der Waals surface area contributed by atoms with Crippen LogP contribution in [0.3, 0.4) is 0 Å². The Morgan fingerprint density at radius 2 is 2.13 bits per heavy atom. The summed E-state index contributed by atoms with van der Waals surface area (Å²) in [6, 6.07) is 0.959. The highest BCUT2D eigenvalue weighted by Gasteiger charge is 2.29. The van der Waals surface area contributed by atoms with Gasteiger partial charge in [-0.1, -0.05) is 12.2 Å². The van der Waals surface area contributed by atoms with Crippen LogP contribution in [-0.2, 0) is 4.74 Å². The average Bonchev–Trinajstić information content (AvgIpc) is 2.55. The lowest BCUT2D eigenvalue weighted by Gasteiger charge is -2.36. The Labute approximate surface area is 92.1 Å². The number of hydrogen-bond acceptors (Lipinski definition) is 3. The van der Waals surface area contributed by atoms with Crippen LogP contribution in [-0.4, -0.2) is 31.3 Å². The molecular formula is C12H22N2O. The molecule has 1 fully saturated rings. The first kappa shape index (κ1) is 11.1. The molecule has 2 rings (SSSR count). The summed E-state index contributed by atoms with van der Waals surface area (Å²) in [5, 5.41) is 3.58. The Morgan fingerprint density at radius 1 is 1.33 bits per heavy atom. The molecule has 0 aromatic carbocycles. The number of rotatable bonds is 5. The molecule has 3 N–H and O–H groups in total. The van der Waals surface area contributed by atoms with Gasteiger partial charge in [-0.15, -0.1) is 0 Å². The third kappa shape index (κ3) is 3.03. The lowest BCUT2D eigenvalue weighted by atomic mass is 9.89. The lowest BCUT2D eigenvalue weighted by molar-refractivity contribution is -0.0102. The highest BCUT2D eigenvalue weighted by atomic mass is 16.5. The smallest absolute Gasteiger partial charge is 0.0604 e. The Kier molecular flexibility index (Phi) is 3.78. The molecule has 0 bridgehead atoms. The van der Waals surface area contributed by atoms with E-state index in [1.165, 1.54) is 12.8 Å². The van der Waals surface area contributed by atoms with Gasteiger partial charge in [-0.05, 0) is 32.1 Å². The molecule has 0 amide bonds. The minimum absolute atomic E-state index is 0.286. The SMILES string of the molecule is CCOC1CC(NCC2C=CC(N)C2)C1. The highest BCUT2D eigenvalue weighted by Crippen LogP contribution is 2.24. The third-order valence-electron chi connectivity index (χ3n) is 3.37. The average molecular weight is 210 g/mol. The normalized spacial score (nSPS) is 39.3. The van der Waals surface area contributed by atoms with E-state index in [9.17, 15) is 0 Å². The van der Waals surface area contributed by atoms with Crippen molar-refractivity contribution in [1.82, 2.24) is 5.32 Å². The summed E-state index contributed by atoms with van der Waals surface area (Å²) in [7, 11) is 0. The first-order valence-electron chi connectivity index (χ1n) is 6.06. The van der Waals surface area contributed by atoms with Gasteiger partial charge >= 0.3 is 0 Å². The molecular weight excluding hydrogens is 188 g/mol. The van der Waals surface area contributed by atoms with E-state index in [4.69, 9.17) is 10.5 Å². The van der Waals surface area contributed by atoms with Gasteiger partial charge in [0.25, 0.3) is 0 Å². The summed E-state index contributed by atoms with van der Waals surface area (Å²) in [6.45, 7) is 3.98. The van der Waals surface area contributed by atoms with Crippen molar-refractivity contribution in [2.75, 3.05) is 13.2 Å². The standard InChI is InChI=1S/C12H22N2O/c1-2-15-12-6-11(7-12)14-8-9-3-4-10(13)5-9/h3-4,9-12,14H,2,5-8,13H2,1H3. The van der Waals surface area contributed by atoms with Crippen LogP contribution in [0.15, 0.2) is 12.2 Å². The summed E-state index contributed by atoms with van der Waals surface area (Å²) < 4.78 is 5.52. The molecule has 0 heterocycles. The van der Waals surface area contributed by atoms with Crippen LogP contribution in [0.4, 0.5) is 0 Å². The van der Waals surface area contributed by atoms with E-state index in [1.807, 2.05) is 0 Å². The fourth-order valence-corrected chi connectivity index (χ4v) is 2.38. The molecule has 0 saturated heterocycles. The summed E-state index contributed by atoms with van der Waals surface area (Å²) in [5.41, 5.74) is 5.81. The van der Waals surface area contributed by atoms with Crippen molar-refractivity contribution in [3.05, 3.63) is 12.2 Å². The lowest BCUT2D eigenvalue weighted by Crippen LogP contribution is -2.46. The summed E-state index contributed by atoms with van der Waals surface area (Å²) in [4.78, 5) is 0. The van der Waals surface area contributed by atoms with Crippen molar-refractivity contribution in [3.63, 3.8) is 0 Å². The molecule has 15 heavy (non-hydrogen) atoms. The predicted octanol–water partition coefficient (Wildman–Crippen LogP) is 1.05. The van der Waals surface area contributed by atoms with Crippen LogP contribution in [0.5, 0.6) is 0 Å². The monoisotopic (exact) mass is 210 g/mol. The Hall–Kier alpha value is -0.380. The predicted molar refractivity (Wildman–Crippen MR) is 61.7 cm³/mol. The second kappa shape index (κ2) is 5.10. The minimum atomic E-state index is 0.286. The molecule has 0 aromatic rings. The number of ether oxygens (including phenoxy) is 1. The van der Waals surface area contributed by atoms with Crippen LogP contribution in [0.25, 0.3) is 0 Å². The van der Waals surface area contributed by atoms with E-state index >= 15 is 0 Å². The Balaban J connectivity index is 1.55. The van der Waals surface area contributed by atoms with Crippen LogP contribution >= 0.6 is 0 Å². The second-order valence-electron chi connectivity index (χ2n) is 4.70. The van der Waals surface area contributed by atoms with Crippen LogP contribution in [0.2, 0.25) is 0 Å². The molecule has 1 saturated carbocycles. The van der Waals surface area contributed by atoms with Gasteiger partial charge in [-0.25, -0.2) is 0 Å². The maximum absolute atomic E-state index is 5.81. The van der Waals surface area contributed by atoms with Crippen LogP contribution < -0.4 is 11.1 Å². The summed E-state index contributed by atoms with van der Waals surface area (Å²) in [6.07, 6.45) is 8.34. The van der Waals surface area contributed by atoms with Crippen molar-refractivity contribution in [1.29, 1.82) is 0 Å². The van der Waals surface area contributed by atoms with Crippen molar-refractivity contribution in [3.8, 4) is 0 Å². The first-order valence-corrected chi connectivity index (χ1v) is 6.06. The molecule has 86 valence electrons.